The van der Waals surface area contributed by atoms with Crippen LogP contribution in [0.4, 0.5) is 0 Å². The third kappa shape index (κ3) is 7.25. The summed E-state index contributed by atoms with van der Waals surface area (Å²) in [7, 11) is 1.38. The van der Waals surface area contributed by atoms with Gasteiger partial charge in [0.2, 0.25) is 0 Å². The number of nitrogens with zero attached hydrogens (tertiary/aromatic N) is 2. The van der Waals surface area contributed by atoms with E-state index in [-0.39, 0.29) is 12.4 Å². The van der Waals surface area contributed by atoms with Crippen LogP contribution >= 0.6 is 11.3 Å². The maximum absolute atomic E-state index is 11.6. The van der Waals surface area contributed by atoms with Crippen LogP contribution in [0.3, 0.4) is 0 Å². The number of ether oxygens (including phenoxy) is 2. The van der Waals surface area contributed by atoms with Gasteiger partial charge in [0.25, 0.3) is 0 Å². The Labute approximate surface area is 208 Å². The SMILES string of the molecule is COC(=O)CC/C(=N\OCc1ccc(OCc2csc(-c3ccccc3)n2)cc1)c1ccccc1. The van der Waals surface area contributed by atoms with Crippen LogP contribution in [-0.4, -0.2) is 23.8 Å². The average Bonchev–Trinajstić information content (AvgIpc) is 3.40. The smallest absolute Gasteiger partial charge is 0.305 e. The van der Waals surface area contributed by atoms with Crippen molar-refractivity contribution in [2.75, 3.05) is 7.11 Å². The Kier molecular flexibility index (Phi) is 8.62. The molecule has 0 aliphatic rings. The molecular formula is C28H26N2O4S. The summed E-state index contributed by atoms with van der Waals surface area (Å²) in [6, 6.07) is 27.5. The van der Waals surface area contributed by atoms with Crippen molar-refractivity contribution in [3.05, 3.63) is 107 Å². The number of benzene rings is 3. The summed E-state index contributed by atoms with van der Waals surface area (Å²) >= 11 is 1.61. The van der Waals surface area contributed by atoms with E-state index < -0.39 is 0 Å². The van der Waals surface area contributed by atoms with Crippen LogP contribution in [0, 0.1) is 0 Å². The monoisotopic (exact) mass is 486 g/mol. The first-order valence-corrected chi connectivity index (χ1v) is 12.1. The molecule has 3 aromatic carbocycles. The first-order valence-electron chi connectivity index (χ1n) is 11.2. The summed E-state index contributed by atoms with van der Waals surface area (Å²) in [6.07, 6.45) is 0.678. The van der Waals surface area contributed by atoms with Gasteiger partial charge in [-0.15, -0.1) is 11.3 Å². The van der Waals surface area contributed by atoms with Crippen molar-refractivity contribution < 1.29 is 19.1 Å². The number of carbonyl (C=O) groups excluding carboxylic acids is 1. The minimum absolute atomic E-state index is 0.242. The van der Waals surface area contributed by atoms with Crippen LogP contribution in [0.25, 0.3) is 10.6 Å². The minimum Gasteiger partial charge on any atom is -0.487 e. The van der Waals surface area contributed by atoms with E-state index in [1.54, 1.807) is 11.3 Å². The molecule has 7 heteroatoms. The highest BCUT2D eigenvalue weighted by Gasteiger charge is 2.09. The molecule has 4 rings (SSSR count). The molecule has 4 aromatic rings. The Morgan fingerprint density at radius 3 is 2.31 bits per heavy atom. The quantitative estimate of drug-likeness (QED) is 0.142. The molecule has 0 radical (unpaired) electrons. The molecule has 0 fully saturated rings. The topological polar surface area (TPSA) is 70.0 Å². The van der Waals surface area contributed by atoms with E-state index >= 15 is 0 Å². The highest BCUT2D eigenvalue weighted by molar-refractivity contribution is 7.13. The first-order chi connectivity index (χ1) is 17.2. The number of rotatable bonds is 11. The van der Waals surface area contributed by atoms with Gasteiger partial charge in [0.15, 0.2) is 0 Å². The standard InChI is InChI=1S/C28H26N2O4S/c1-32-27(31)17-16-26(22-8-4-2-5-9-22)30-34-18-21-12-14-25(15-13-21)33-19-24-20-35-28(29-24)23-10-6-3-7-11-23/h2-15,20H,16-19H2,1H3/b30-26+. The second-order valence-corrected chi connectivity index (χ2v) is 8.55. The largest absolute Gasteiger partial charge is 0.487 e. The molecule has 0 aliphatic heterocycles. The van der Waals surface area contributed by atoms with Crippen molar-refractivity contribution in [3.8, 4) is 16.3 Å². The lowest BCUT2D eigenvalue weighted by Gasteiger charge is -2.08. The predicted molar refractivity (Wildman–Crippen MR) is 137 cm³/mol. The predicted octanol–water partition coefficient (Wildman–Crippen LogP) is 6.26. The van der Waals surface area contributed by atoms with Gasteiger partial charge in [-0.3, -0.25) is 4.79 Å². The van der Waals surface area contributed by atoms with Crippen molar-refractivity contribution in [1.82, 2.24) is 4.98 Å². The molecule has 35 heavy (non-hydrogen) atoms. The number of thiazole rings is 1. The van der Waals surface area contributed by atoms with E-state index in [0.29, 0.717) is 25.3 Å². The van der Waals surface area contributed by atoms with Gasteiger partial charge in [-0.2, -0.15) is 0 Å². The second-order valence-electron chi connectivity index (χ2n) is 7.70. The summed E-state index contributed by atoms with van der Waals surface area (Å²) in [5, 5.41) is 7.30. The van der Waals surface area contributed by atoms with Crippen molar-refractivity contribution in [2.24, 2.45) is 5.16 Å². The molecule has 0 amide bonds. The van der Waals surface area contributed by atoms with Gasteiger partial charge in [0, 0.05) is 17.4 Å². The normalized spacial score (nSPS) is 11.2. The van der Waals surface area contributed by atoms with Gasteiger partial charge < -0.3 is 14.3 Å². The lowest BCUT2D eigenvalue weighted by atomic mass is 10.1. The van der Waals surface area contributed by atoms with Crippen LogP contribution < -0.4 is 4.74 Å². The number of aromatic nitrogens is 1. The minimum atomic E-state index is -0.279. The highest BCUT2D eigenvalue weighted by atomic mass is 32.1. The van der Waals surface area contributed by atoms with Gasteiger partial charge >= 0.3 is 5.97 Å². The van der Waals surface area contributed by atoms with Crippen molar-refractivity contribution in [2.45, 2.75) is 26.1 Å². The molecule has 6 nitrogen and oxygen atoms in total. The lowest BCUT2D eigenvalue weighted by molar-refractivity contribution is -0.140. The van der Waals surface area contributed by atoms with Crippen molar-refractivity contribution in [3.63, 3.8) is 0 Å². The number of esters is 1. The molecule has 0 atom stereocenters. The molecule has 0 spiro atoms. The number of hydrogen-bond donors (Lipinski definition) is 0. The van der Waals surface area contributed by atoms with Gasteiger partial charge in [-0.1, -0.05) is 78.0 Å². The zero-order valence-electron chi connectivity index (χ0n) is 19.4. The molecule has 0 unspecified atom stereocenters. The molecule has 1 aromatic heterocycles. The zero-order valence-corrected chi connectivity index (χ0v) is 20.2. The lowest BCUT2D eigenvalue weighted by Crippen LogP contribution is -2.08. The third-order valence-corrected chi connectivity index (χ3v) is 6.13. The van der Waals surface area contributed by atoms with Crippen LogP contribution in [-0.2, 0) is 27.6 Å². The van der Waals surface area contributed by atoms with Gasteiger partial charge in [-0.05, 0) is 23.3 Å². The number of oxime groups is 1. The van der Waals surface area contributed by atoms with Crippen molar-refractivity contribution in [1.29, 1.82) is 0 Å². The molecule has 0 N–H and O–H groups in total. The highest BCUT2D eigenvalue weighted by Crippen LogP contribution is 2.24. The van der Waals surface area contributed by atoms with E-state index in [9.17, 15) is 4.79 Å². The fourth-order valence-corrected chi connectivity index (χ4v) is 4.12. The van der Waals surface area contributed by atoms with Gasteiger partial charge in [0.1, 0.15) is 24.0 Å². The van der Waals surface area contributed by atoms with Crippen LogP contribution in [0.5, 0.6) is 5.75 Å². The van der Waals surface area contributed by atoms with E-state index in [2.05, 4.69) is 22.3 Å². The van der Waals surface area contributed by atoms with Crippen molar-refractivity contribution >= 4 is 23.0 Å². The molecule has 1 heterocycles. The molecule has 0 saturated heterocycles. The number of methoxy groups -OCH3 is 1. The summed E-state index contributed by atoms with van der Waals surface area (Å²) < 4.78 is 10.6. The molecule has 178 valence electrons. The van der Waals surface area contributed by atoms with E-state index in [1.807, 2.05) is 78.2 Å². The van der Waals surface area contributed by atoms with Crippen LogP contribution in [0.1, 0.15) is 29.7 Å². The van der Waals surface area contributed by atoms with Crippen LogP contribution in [0.2, 0.25) is 0 Å². The summed E-state index contributed by atoms with van der Waals surface area (Å²) in [6.45, 7) is 0.714. The fourth-order valence-electron chi connectivity index (χ4n) is 3.31. The second kappa shape index (κ2) is 12.5. The maximum atomic E-state index is 11.6. The van der Waals surface area contributed by atoms with Gasteiger partial charge in [0.05, 0.1) is 24.9 Å². The molecule has 0 saturated carbocycles. The van der Waals surface area contributed by atoms with E-state index in [0.717, 1.165) is 33.1 Å². The Hall–Kier alpha value is -3.97. The molecule has 0 aliphatic carbocycles. The third-order valence-electron chi connectivity index (χ3n) is 5.19. The number of carbonyl (C=O) groups is 1. The van der Waals surface area contributed by atoms with Gasteiger partial charge in [-0.25, -0.2) is 4.98 Å². The molecule has 0 bridgehead atoms. The first kappa shape index (κ1) is 24.2. The summed E-state index contributed by atoms with van der Waals surface area (Å²) in [5.41, 5.74) is 4.58. The Morgan fingerprint density at radius 1 is 0.886 bits per heavy atom. The number of hydrogen-bond acceptors (Lipinski definition) is 7. The van der Waals surface area contributed by atoms with E-state index in [1.165, 1.54) is 7.11 Å². The Bertz CT molecular complexity index is 1240. The fraction of sp³-hybridized carbons (Fsp3) is 0.179. The average molecular weight is 487 g/mol. The maximum Gasteiger partial charge on any atom is 0.305 e. The van der Waals surface area contributed by atoms with Crippen LogP contribution in [0.15, 0.2) is 95.5 Å². The molecular weight excluding hydrogens is 460 g/mol. The summed E-state index contributed by atoms with van der Waals surface area (Å²) in [5.74, 6) is 0.479. The zero-order chi connectivity index (χ0) is 24.3. The summed E-state index contributed by atoms with van der Waals surface area (Å²) in [4.78, 5) is 21.8. The Morgan fingerprint density at radius 2 is 1.60 bits per heavy atom. The van der Waals surface area contributed by atoms with E-state index in [4.69, 9.17) is 14.3 Å². The Balaban J connectivity index is 1.30.